The van der Waals surface area contributed by atoms with Crippen LogP contribution in [0.4, 0.5) is 26.0 Å². The molecule has 0 saturated heterocycles. The van der Waals surface area contributed by atoms with Crippen LogP contribution in [0.5, 0.6) is 0 Å². The molecule has 0 saturated carbocycles. The smallest absolute Gasteiger partial charge is 0.224 e. The summed E-state index contributed by atoms with van der Waals surface area (Å²) in [6.45, 7) is 1.75. The Bertz CT molecular complexity index is 614. The summed E-state index contributed by atoms with van der Waals surface area (Å²) >= 11 is 0. The molecule has 0 aliphatic rings. The molecule has 0 unspecified atom stereocenters. The first-order valence-electron chi connectivity index (χ1n) is 6.06. The normalized spacial score (nSPS) is 10.2. The van der Waals surface area contributed by atoms with Gasteiger partial charge in [-0.25, -0.2) is 13.8 Å². The molecule has 0 aliphatic heterocycles. The van der Waals surface area contributed by atoms with Gasteiger partial charge < -0.3 is 10.6 Å². The highest BCUT2D eigenvalue weighted by Crippen LogP contribution is 2.18. The number of anilines is 3. The molecule has 104 valence electrons. The molecule has 2 aromatic rings. The Morgan fingerprint density at radius 3 is 2.50 bits per heavy atom. The number of pyridine rings is 1. The maximum atomic E-state index is 13.0. The first kappa shape index (κ1) is 13.9. The van der Waals surface area contributed by atoms with Crippen molar-refractivity contribution in [2.75, 3.05) is 10.6 Å². The van der Waals surface area contributed by atoms with Crippen molar-refractivity contribution in [3.05, 3.63) is 48.2 Å². The van der Waals surface area contributed by atoms with Crippen molar-refractivity contribution in [1.82, 2.24) is 4.98 Å². The summed E-state index contributed by atoms with van der Waals surface area (Å²) in [5.74, 6) is -1.47. The molecule has 1 aromatic heterocycles. The van der Waals surface area contributed by atoms with E-state index in [1.54, 1.807) is 19.1 Å². The summed E-state index contributed by atoms with van der Waals surface area (Å²) in [5.41, 5.74) is 0.967. The number of nitrogens with one attached hydrogen (secondary N) is 2. The lowest BCUT2D eigenvalue weighted by Gasteiger charge is -2.07. The van der Waals surface area contributed by atoms with E-state index in [4.69, 9.17) is 0 Å². The lowest BCUT2D eigenvalue weighted by atomic mass is 10.3. The Labute approximate surface area is 114 Å². The highest BCUT2D eigenvalue weighted by Gasteiger charge is 2.04. The minimum absolute atomic E-state index is 0.104. The van der Waals surface area contributed by atoms with Crippen LogP contribution in [0.2, 0.25) is 0 Å². The van der Waals surface area contributed by atoms with Gasteiger partial charge in [0, 0.05) is 18.2 Å². The Kier molecular flexibility index (Phi) is 4.24. The molecular weight excluding hydrogens is 264 g/mol. The van der Waals surface area contributed by atoms with E-state index in [1.807, 2.05) is 0 Å². The molecule has 1 amide bonds. The van der Waals surface area contributed by atoms with Crippen LogP contribution in [-0.2, 0) is 4.79 Å². The van der Waals surface area contributed by atoms with Gasteiger partial charge in [-0.1, -0.05) is 6.92 Å². The van der Waals surface area contributed by atoms with E-state index >= 15 is 0 Å². The molecule has 20 heavy (non-hydrogen) atoms. The molecule has 1 aromatic carbocycles. The lowest BCUT2D eigenvalue weighted by molar-refractivity contribution is -0.115. The molecule has 0 radical (unpaired) electrons. The number of hydrogen-bond acceptors (Lipinski definition) is 3. The van der Waals surface area contributed by atoms with Crippen molar-refractivity contribution >= 4 is 23.1 Å². The SMILES string of the molecule is CCC(=O)Nc1ccc(Nc2ccc(F)c(F)c2)nc1. The molecule has 0 spiro atoms. The molecule has 6 heteroatoms. The van der Waals surface area contributed by atoms with Gasteiger partial charge in [-0.15, -0.1) is 0 Å². The van der Waals surface area contributed by atoms with Crippen molar-refractivity contribution in [1.29, 1.82) is 0 Å². The number of carbonyl (C=O) groups excluding carboxylic acids is 1. The van der Waals surface area contributed by atoms with Crippen LogP contribution in [-0.4, -0.2) is 10.9 Å². The number of benzene rings is 1. The monoisotopic (exact) mass is 277 g/mol. The van der Waals surface area contributed by atoms with Crippen LogP contribution in [0, 0.1) is 11.6 Å². The summed E-state index contributed by atoms with van der Waals surface area (Å²) in [7, 11) is 0. The van der Waals surface area contributed by atoms with Crippen LogP contribution < -0.4 is 10.6 Å². The van der Waals surface area contributed by atoms with Crippen LogP contribution in [0.15, 0.2) is 36.5 Å². The molecule has 2 N–H and O–H groups in total. The molecule has 1 heterocycles. The zero-order chi connectivity index (χ0) is 14.5. The Morgan fingerprint density at radius 1 is 1.15 bits per heavy atom. The summed E-state index contributed by atoms with van der Waals surface area (Å²) in [5, 5.41) is 5.50. The molecule has 4 nitrogen and oxygen atoms in total. The van der Waals surface area contributed by atoms with E-state index in [-0.39, 0.29) is 5.91 Å². The predicted octanol–water partition coefficient (Wildman–Crippen LogP) is 3.45. The highest BCUT2D eigenvalue weighted by atomic mass is 19.2. The summed E-state index contributed by atoms with van der Waals surface area (Å²) in [6, 6.07) is 6.79. The first-order valence-corrected chi connectivity index (χ1v) is 6.06. The van der Waals surface area contributed by atoms with Crippen molar-refractivity contribution in [3.8, 4) is 0 Å². The van der Waals surface area contributed by atoms with Gasteiger partial charge in [0.15, 0.2) is 11.6 Å². The molecule has 0 atom stereocenters. The maximum absolute atomic E-state index is 13.0. The standard InChI is InChI=1S/C14H13F2N3O/c1-2-14(20)19-10-4-6-13(17-8-10)18-9-3-5-11(15)12(16)7-9/h3-8H,2H2,1H3,(H,17,18)(H,19,20). The lowest BCUT2D eigenvalue weighted by Crippen LogP contribution is -2.09. The summed E-state index contributed by atoms with van der Waals surface area (Å²) < 4.78 is 25.8. The number of nitrogens with zero attached hydrogens (tertiary/aromatic N) is 1. The van der Waals surface area contributed by atoms with Crippen molar-refractivity contribution in [2.24, 2.45) is 0 Å². The van der Waals surface area contributed by atoms with Crippen LogP contribution >= 0.6 is 0 Å². The van der Waals surface area contributed by atoms with Crippen LogP contribution in [0.25, 0.3) is 0 Å². The summed E-state index contributed by atoms with van der Waals surface area (Å²) in [4.78, 5) is 15.3. The van der Waals surface area contributed by atoms with Gasteiger partial charge in [0.1, 0.15) is 5.82 Å². The number of hydrogen-bond donors (Lipinski definition) is 2. The van der Waals surface area contributed by atoms with Gasteiger partial charge in [-0.3, -0.25) is 4.79 Å². The maximum Gasteiger partial charge on any atom is 0.224 e. The molecule has 2 rings (SSSR count). The Balaban J connectivity index is 2.06. The van der Waals surface area contributed by atoms with E-state index in [0.29, 0.717) is 23.6 Å². The van der Waals surface area contributed by atoms with Gasteiger partial charge in [-0.05, 0) is 24.3 Å². The Morgan fingerprint density at radius 2 is 1.90 bits per heavy atom. The first-order chi connectivity index (χ1) is 9.58. The predicted molar refractivity (Wildman–Crippen MR) is 72.8 cm³/mol. The average molecular weight is 277 g/mol. The van der Waals surface area contributed by atoms with Crippen molar-refractivity contribution < 1.29 is 13.6 Å². The molecule has 0 aliphatic carbocycles. The third kappa shape index (κ3) is 3.50. The highest BCUT2D eigenvalue weighted by molar-refractivity contribution is 5.90. The average Bonchev–Trinajstić information content (AvgIpc) is 2.45. The minimum Gasteiger partial charge on any atom is -0.340 e. The topological polar surface area (TPSA) is 54.0 Å². The van der Waals surface area contributed by atoms with Gasteiger partial charge in [-0.2, -0.15) is 0 Å². The second kappa shape index (κ2) is 6.10. The quantitative estimate of drug-likeness (QED) is 0.900. The molecule has 0 bridgehead atoms. The number of halogens is 2. The van der Waals surface area contributed by atoms with Gasteiger partial charge in [0.25, 0.3) is 0 Å². The number of rotatable bonds is 4. The zero-order valence-electron chi connectivity index (χ0n) is 10.8. The number of carbonyl (C=O) groups is 1. The third-order valence-corrected chi connectivity index (χ3v) is 2.56. The fraction of sp³-hybridized carbons (Fsp3) is 0.143. The van der Waals surface area contributed by atoms with Crippen LogP contribution in [0.1, 0.15) is 13.3 Å². The summed E-state index contributed by atoms with van der Waals surface area (Å²) in [6.07, 6.45) is 1.87. The minimum atomic E-state index is -0.929. The number of aromatic nitrogens is 1. The van der Waals surface area contributed by atoms with Crippen molar-refractivity contribution in [2.45, 2.75) is 13.3 Å². The van der Waals surface area contributed by atoms with E-state index in [0.717, 1.165) is 12.1 Å². The second-order valence-electron chi connectivity index (χ2n) is 4.09. The molecule has 0 fully saturated rings. The largest absolute Gasteiger partial charge is 0.340 e. The van der Waals surface area contributed by atoms with E-state index in [9.17, 15) is 13.6 Å². The van der Waals surface area contributed by atoms with Crippen molar-refractivity contribution in [3.63, 3.8) is 0 Å². The van der Waals surface area contributed by atoms with E-state index < -0.39 is 11.6 Å². The fourth-order valence-electron chi connectivity index (χ4n) is 1.51. The Hall–Kier alpha value is -2.50. The van der Waals surface area contributed by atoms with E-state index in [1.165, 1.54) is 12.3 Å². The van der Waals surface area contributed by atoms with Gasteiger partial charge >= 0.3 is 0 Å². The fourth-order valence-corrected chi connectivity index (χ4v) is 1.51. The molecular formula is C14H13F2N3O. The van der Waals surface area contributed by atoms with E-state index in [2.05, 4.69) is 15.6 Å². The third-order valence-electron chi connectivity index (χ3n) is 2.56. The second-order valence-corrected chi connectivity index (χ2v) is 4.09. The zero-order valence-corrected chi connectivity index (χ0v) is 10.8. The van der Waals surface area contributed by atoms with Crippen LogP contribution in [0.3, 0.4) is 0 Å². The van der Waals surface area contributed by atoms with Gasteiger partial charge in [0.2, 0.25) is 5.91 Å². The number of amides is 1. The van der Waals surface area contributed by atoms with Gasteiger partial charge in [0.05, 0.1) is 11.9 Å².